The number of hydrogen-bond acceptors (Lipinski definition) is 3. The van der Waals surface area contributed by atoms with Gasteiger partial charge in [-0.2, -0.15) is 0 Å². The van der Waals surface area contributed by atoms with E-state index in [2.05, 4.69) is 5.32 Å². The molecule has 3 N–H and O–H groups in total. The zero-order chi connectivity index (χ0) is 13.3. The molecule has 1 aliphatic heterocycles. The molecule has 0 bridgehead atoms. The van der Waals surface area contributed by atoms with E-state index in [9.17, 15) is 9.18 Å². The minimum Gasteiger partial charge on any atom is -0.379 e. The first-order valence-corrected chi connectivity index (χ1v) is 5.91. The lowest BCUT2D eigenvalue weighted by Gasteiger charge is -2.25. The average Bonchev–Trinajstić information content (AvgIpc) is 2.66. The number of carbonyl (C=O) groups is 1. The van der Waals surface area contributed by atoms with E-state index in [-0.39, 0.29) is 29.3 Å². The van der Waals surface area contributed by atoms with E-state index in [1.54, 1.807) is 6.92 Å². The molecule has 0 radical (unpaired) electrons. The molecular formula is C12H14ClFN2O2. The van der Waals surface area contributed by atoms with Crippen LogP contribution in [-0.4, -0.2) is 25.2 Å². The number of ether oxygens (including phenoxy) is 1. The highest BCUT2D eigenvalue weighted by molar-refractivity contribution is 6.33. The summed E-state index contributed by atoms with van der Waals surface area (Å²) in [4.78, 5) is 12.2. The number of anilines is 1. The summed E-state index contributed by atoms with van der Waals surface area (Å²) in [6.45, 7) is 2.29. The van der Waals surface area contributed by atoms with Gasteiger partial charge in [-0.25, -0.2) is 4.39 Å². The summed E-state index contributed by atoms with van der Waals surface area (Å²) in [5, 5.41) is 2.87. The van der Waals surface area contributed by atoms with Crippen LogP contribution in [0.15, 0.2) is 18.2 Å². The molecule has 1 fully saturated rings. The molecule has 1 heterocycles. The molecule has 1 saturated heterocycles. The SMILES string of the molecule is CC1(C(=O)Nc2cc(F)ccc2Cl)COCC1N. The predicted molar refractivity (Wildman–Crippen MR) is 66.9 cm³/mol. The molecule has 2 unspecified atom stereocenters. The Bertz CT molecular complexity index is 483. The third-order valence-electron chi connectivity index (χ3n) is 3.21. The fraction of sp³-hybridized carbons (Fsp3) is 0.417. The maximum atomic E-state index is 13.1. The van der Waals surface area contributed by atoms with Gasteiger partial charge in [-0.3, -0.25) is 4.79 Å². The molecular weight excluding hydrogens is 259 g/mol. The Labute approximate surface area is 109 Å². The third-order valence-corrected chi connectivity index (χ3v) is 3.54. The number of amides is 1. The highest BCUT2D eigenvalue weighted by Gasteiger charge is 2.44. The van der Waals surface area contributed by atoms with Crippen LogP contribution in [0.25, 0.3) is 0 Å². The molecule has 18 heavy (non-hydrogen) atoms. The van der Waals surface area contributed by atoms with Crippen molar-refractivity contribution in [1.82, 2.24) is 0 Å². The lowest BCUT2D eigenvalue weighted by Crippen LogP contribution is -2.47. The monoisotopic (exact) mass is 272 g/mol. The van der Waals surface area contributed by atoms with Gasteiger partial charge in [0.15, 0.2) is 0 Å². The second-order valence-corrected chi connectivity index (χ2v) is 5.02. The second-order valence-electron chi connectivity index (χ2n) is 4.62. The van der Waals surface area contributed by atoms with Gasteiger partial charge in [0.2, 0.25) is 5.91 Å². The van der Waals surface area contributed by atoms with Crippen LogP contribution in [0.4, 0.5) is 10.1 Å². The Morgan fingerprint density at radius 1 is 1.67 bits per heavy atom. The number of nitrogens with one attached hydrogen (secondary N) is 1. The largest absolute Gasteiger partial charge is 0.379 e. The highest BCUT2D eigenvalue weighted by Crippen LogP contribution is 2.30. The first-order valence-electron chi connectivity index (χ1n) is 5.53. The van der Waals surface area contributed by atoms with Crippen LogP contribution in [0.5, 0.6) is 0 Å². The van der Waals surface area contributed by atoms with Gasteiger partial charge < -0.3 is 15.8 Å². The Hall–Kier alpha value is -1.17. The van der Waals surface area contributed by atoms with Crippen molar-refractivity contribution >= 4 is 23.2 Å². The maximum absolute atomic E-state index is 13.1. The fourth-order valence-corrected chi connectivity index (χ4v) is 1.95. The van der Waals surface area contributed by atoms with Gasteiger partial charge in [-0.15, -0.1) is 0 Å². The van der Waals surface area contributed by atoms with Gasteiger partial charge in [-0.05, 0) is 25.1 Å². The molecule has 1 aromatic rings. The second kappa shape index (κ2) is 4.84. The molecule has 1 amide bonds. The van der Waals surface area contributed by atoms with Crippen LogP contribution in [0.2, 0.25) is 5.02 Å². The summed E-state index contributed by atoms with van der Waals surface area (Å²) < 4.78 is 18.3. The zero-order valence-corrected chi connectivity index (χ0v) is 10.6. The molecule has 1 aromatic carbocycles. The Morgan fingerprint density at radius 3 is 3.00 bits per heavy atom. The van der Waals surface area contributed by atoms with Crippen molar-refractivity contribution in [2.45, 2.75) is 13.0 Å². The third kappa shape index (κ3) is 2.34. The Balaban J connectivity index is 2.19. The van der Waals surface area contributed by atoms with E-state index >= 15 is 0 Å². The summed E-state index contributed by atoms with van der Waals surface area (Å²) >= 11 is 5.88. The van der Waals surface area contributed by atoms with Crippen LogP contribution >= 0.6 is 11.6 Å². The molecule has 0 aromatic heterocycles. The van der Waals surface area contributed by atoms with E-state index in [4.69, 9.17) is 22.1 Å². The van der Waals surface area contributed by atoms with Crippen molar-refractivity contribution in [1.29, 1.82) is 0 Å². The predicted octanol–water partition coefficient (Wildman–Crippen LogP) is 1.78. The molecule has 4 nitrogen and oxygen atoms in total. The number of halogens is 2. The maximum Gasteiger partial charge on any atom is 0.234 e. The molecule has 0 saturated carbocycles. The van der Waals surface area contributed by atoms with Crippen LogP contribution in [0, 0.1) is 11.2 Å². The van der Waals surface area contributed by atoms with Crippen molar-refractivity contribution in [3.05, 3.63) is 29.0 Å². The number of rotatable bonds is 2. The van der Waals surface area contributed by atoms with E-state index in [1.165, 1.54) is 18.2 Å². The van der Waals surface area contributed by atoms with Crippen molar-refractivity contribution in [2.24, 2.45) is 11.1 Å². The van der Waals surface area contributed by atoms with Gasteiger partial charge in [0.25, 0.3) is 0 Å². The van der Waals surface area contributed by atoms with Gasteiger partial charge in [0.05, 0.1) is 29.3 Å². The van der Waals surface area contributed by atoms with E-state index in [1.807, 2.05) is 0 Å². The van der Waals surface area contributed by atoms with Gasteiger partial charge in [0, 0.05) is 6.04 Å². The summed E-state index contributed by atoms with van der Waals surface area (Å²) in [6, 6.07) is 3.40. The van der Waals surface area contributed by atoms with Crippen molar-refractivity contribution in [2.75, 3.05) is 18.5 Å². The highest BCUT2D eigenvalue weighted by atomic mass is 35.5. The summed E-state index contributed by atoms with van der Waals surface area (Å²) in [5.41, 5.74) is 5.26. The molecule has 6 heteroatoms. The van der Waals surface area contributed by atoms with Gasteiger partial charge in [-0.1, -0.05) is 11.6 Å². The Morgan fingerprint density at radius 2 is 2.39 bits per heavy atom. The molecule has 1 aliphatic rings. The standard InChI is InChI=1S/C12H14ClFN2O2/c1-12(6-18-5-10(12)15)11(17)16-9-4-7(14)2-3-8(9)13/h2-4,10H,5-6,15H2,1H3,(H,16,17). The number of carbonyl (C=O) groups excluding carboxylic acids is 1. The van der Waals surface area contributed by atoms with Crippen molar-refractivity contribution < 1.29 is 13.9 Å². The van der Waals surface area contributed by atoms with E-state index < -0.39 is 11.2 Å². The Kier molecular flexibility index (Phi) is 3.56. The van der Waals surface area contributed by atoms with Crippen molar-refractivity contribution in [3.8, 4) is 0 Å². The average molecular weight is 273 g/mol. The zero-order valence-electron chi connectivity index (χ0n) is 9.87. The number of hydrogen-bond donors (Lipinski definition) is 2. The van der Waals surface area contributed by atoms with Crippen LogP contribution in [0.1, 0.15) is 6.92 Å². The van der Waals surface area contributed by atoms with Gasteiger partial charge >= 0.3 is 0 Å². The molecule has 98 valence electrons. The number of benzene rings is 1. The van der Waals surface area contributed by atoms with Crippen molar-refractivity contribution in [3.63, 3.8) is 0 Å². The van der Waals surface area contributed by atoms with Crippen LogP contribution in [0.3, 0.4) is 0 Å². The smallest absolute Gasteiger partial charge is 0.234 e. The molecule has 0 spiro atoms. The minimum absolute atomic E-state index is 0.238. The van der Waals surface area contributed by atoms with E-state index in [0.717, 1.165) is 0 Å². The first-order chi connectivity index (χ1) is 8.43. The topological polar surface area (TPSA) is 64.3 Å². The van der Waals surface area contributed by atoms with E-state index in [0.29, 0.717) is 6.61 Å². The molecule has 0 aliphatic carbocycles. The van der Waals surface area contributed by atoms with Gasteiger partial charge in [0.1, 0.15) is 5.82 Å². The lowest BCUT2D eigenvalue weighted by molar-refractivity contribution is -0.125. The van der Waals surface area contributed by atoms with Crippen LogP contribution in [-0.2, 0) is 9.53 Å². The quantitative estimate of drug-likeness (QED) is 0.863. The first kappa shape index (κ1) is 13.3. The van der Waals surface area contributed by atoms with Crippen LogP contribution < -0.4 is 11.1 Å². The minimum atomic E-state index is -0.824. The summed E-state index contributed by atoms with van der Waals surface area (Å²) in [5.74, 6) is -0.785. The fourth-order valence-electron chi connectivity index (χ4n) is 1.78. The summed E-state index contributed by atoms with van der Waals surface area (Å²) in [6.07, 6.45) is 0. The molecule has 2 atom stereocenters. The summed E-state index contributed by atoms with van der Waals surface area (Å²) in [7, 11) is 0. The lowest BCUT2D eigenvalue weighted by atomic mass is 9.85. The molecule has 2 rings (SSSR count). The normalized spacial score (nSPS) is 27.2. The number of nitrogens with two attached hydrogens (primary N) is 1.